The van der Waals surface area contributed by atoms with Gasteiger partial charge in [0.05, 0.1) is 13.2 Å². The van der Waals surface area contributed by atoms with Crippen molar-refractivity contribution >= 4 is 5.97 Å². The Kier molecular flexibility index (Phi) is 5.60. The summed E-state index contributed by atoms with van der Waals surface area (Å²) >= 11 is 0. The molecule has 19 heavy (non-hydrogen) atoms. The van der Waals surface area contributed by atoms with Crippen LogP contribution in [0.25, 0.3) is 0 Å². The second-order valence-corrected chi connectivity index (χ2v) is 5.68. The average Bonchev–Trinajstić information content (AvgIpc) is 2.41. The zero-order valence-corrected chi connectivity index (χ0v) is 11.9. The lowest BCUT2D eigenvalue weighted by molar-refractivity contribution is -0.144. The van der Waals surface area contributed by atoms with E-state index in [0.717, 1.165) is 52.4 Å². The van der Waals surface area contributed by atoms with Crippen molar-refractivity contribution in [3.8, 4) is 0 Å². The third-order valence-electron chi connectivity index (χ3n) is 4.28. The molecule has 5 nitrogen and oxygen atoms in total. The smallest absolute Gasteiger partial charge is 0.320 e. The third-order valence-corrected chi connectivity index (χ3v) is 4.28. The van der Waals surface area contributed by atoms with E-state index in [1.807, 2.05) is 6.92 Å². The maximum atomic E-state index is 11.3. The first-order valence-corrected chi connectivity index (χ1v) is 7.47. The summed E-state index contributed by atoms with van der Waals surface area (Å²) in [6.07, 6.45) is 3.04. The van der Waals surface area contributed by atoms with Gasteiger partial charge < -0.3 is 9.84 Å². The Morgan fingerprint density at radius 3 is 2.74 bits per heavy atom. The molecule has 0 spiro atoms. The van der Waals surface area contributed by atoms with Crippen LogP contribution in [-0.4, -0.2) is 72.9 Å². The van der Waals surface area contributed by atoms with E-state index in [2.05, 4.69) is 9.80 Å². The second-order valence-electron chi connectivity index (χ2n) is 5.68. The number of likely N-dealkylation sites (tertiary alicyclic amines) is 1. The van der Waals surface area contributed by atoms with E-state index in [1.165, 1.54) is 6.42 Å². The molecule has 0 bridgehead atoms. The molecule has 0 aliphatic carbocycles. The minimum absolute atomic E-state index is 0.299. The Labute approximate surface area is 115 Å². The molecule has 2 aliphatic rings. The SMILES string of the molecule is CC[C@@H](C(=O)O)N1CCC[C@H](CN2CCOCC2)C1. The summed E-state index contributed by atoms with van der Waals surface area (Å²) in [4.78, 5) is 15.9. The van der Waals surface area contributed by atoms with Gasteiger partial charge in [-0.1, -0.05) is 6.92 Å². The molecule has 2 saturated heterocycles. The van der Waals surface area contributed by atoms with Crippen molar-refractivity contribution in [3.63, 3.8) is 0 Å². The van der Waals surface area contributed by atoms with Crippen molar-refractivity contribution in [1.29, 1.82) is 0 Å². The van der Waals surface area contributed by atoms with Crippen LogP contribution in [0.4, 0.5) is 0 Å². The van der Waals surface area contributed by atoms with E-state index >= 15 is 0 Å². The average molecular weight is 270 g/mol. The molecule has 0 unspecified atom stereocenters. The van der Waals surface area contributed by atoms with Crippen molar-refractivity contribution in [1.82, 2.24) is 9.80 Å². The largest absolute Gasteiger partial charge is 0.480 e. The third kappa shape index (κ3) is 4.16. The van der Waals surface area contributed by atoms with Gasteiger partial charge in [0.25, 0.3) is 0 Å². The lowest BCUT2D eigenvalue weighted by Crippen LogP contribution is -2.49. The lowest BCUT2D eigenvalue weighted by atomic mass is 9.95. The normalized spacial score (nSPS) is 28.2. The van der Waals surface area contributed by atoms with E-state index < -0.39 is 5.97 Å². The first-order chi connectivity index (χ1) is 9.20. The molecule has 0 aromatic carbocycles. The van der Waals surface area contributed by atoms with E-state index in [0.29, 0.717) is 12.3 Å². The van der Waals surface area contributed by atoms with Gasteiger partial charge >= 0.3 is 5.97 Å². The maximum absolute atomic E-state index is 11.3. The van der Waals surface area contributed by atoms with Crippen LogP contribution in [0.1, 0.15) is 26.2 Å². The number of piperidine rings is 1. The van der Waals surface area contributed by atoms with Crippen molar-refractivity contribution in [2.45, 2.75) is 32.2 Å². The van der Waals surface area contributed by atoms with Gasteiger partial charge in [0, 0.05) is 26.2 Å². The standard InChI is InChI=1S/C14H26N2O3/c1-2-13(14(17)18)16-5-3-4-12(11-16)10-15-6-8-19-9-7-15/h12-13H,2-11H2,1H3,(H,17,18)/t12-,13+/m1/s1. The van der Waals surface area contributed by atoms with Crippen LogP contribution in [-0.2, 0) is 9.53 Å². The van der Waals surface area contributed by atoms with E-state index in [9.17, 15) is 9.90 Å². The first-order valence-electron chi connectivity index (χ1n) is 7.47. The van der Waals surface area contributed by atoms with Crippen LogP contribution in [0.5, 0.6) is 0 Å². The van der Waals surface area contributed by atoms with Crippen molar-refractivity contribution < 1.29 is 14.6 Å². The van der Waals surface area contributed by atoms with Crippen molar-refractivity contribution in [2.24, 2.45) is 5.92 Å². The van der Waals surface area contributed by atoms with Gasteiger partial charge in [-0.15, -0.1) is 0 Å². The predicted octanol–water partition coefficient (Wildman–Crippen LogP) is 0.894. The zero-order valence-electron chi connectivity index (χ0n) is 11.9. The number of carboxylic acids is 1. The summed E-state index contributed by atoms with van der Waals surface area (Å²) in [5.74, 6) is -0.0604. The van der Waals surface area contributed by atoms with E-state index in [-0.39, 0.29) is 6.04 Å². The number of ether oxygens (including phenoxy) is 1. The number of hydrogen-bond donors (Lipinski definition) is 1. The van der Waals surface area contributed by atoms with Crippen LogP contribution in [0.15, 0.2) is 0 Å². The second kappa shape index (κ2) is 7.22. The highest BCUT2D eigenvalue weighted by Crippen LogP contribution is 2.21. The monoisotopic (exact) mass is 270 g/mol. The number of aliphatic carboxylic acids is 1. The number of hydrogen-bond acceptors (Lipinski definition) is 4. The number of morpholine rings is 1. The molecular weight excluding hydrogens is 244 g/mol. The minimum Gasteiger partial charge on any atom is -0.480 e. The molecule has 110 valence electrons. The fourth-order valence-electron chi connectivity index (χ4n) is 3.27. The molecule has 2 aliphatic heterocycles. The Hall–Kier alpha value is -0.650. The maximum Gasteiger partial charge on any atom is 0.320 e. The molecule has 1 N–H and O–H groups in total. The minimum atomic E-state index is -0.672. The Morgan fingerprint density at radius 2 is 2.11 bits per heavy atom. The molecule has 2 atom stereocenters. The van der Waals surface area contributed by atoms with Gasteiger partial charge in [-0.2, -0.15) is 0 Å². The summed E-state index contributed by atoms with van der Waals surface area (Å²) in [7, 11) is 0. The topological polar surface area (TPSA) is 53.0 Å². The predicted molar refractivity (Wildman–Crippen MR) is 73.3 cm³/mol. The Morgan fingerprint density at radius 1 is 1.37 bits per heavy atom. The molecular formula is C14H26N2O3. The highest BCUT2D eigenvalue weighted by molar-refractivity contribution is 5.73. The van der Waals surface area contributed by atoms with Gasteiger partial charge in [-0.05, 0) is 31.7 Å². The van der Waals surface area contributed by atoms with Crippen LogP contribution < -0.4 is 0 Å². The summed E-state index contributed by atoms with van der Waals surface area (Å²) in [6.45, 7) is 8.64. The first kappa shape index (κ1) is 14.8. The lowest BCUT2D eigenvalue weighted by Gasteiger charge is -2.38. The van der Waals surface area contributed by atoms with Gasteiger partial charge in [0.15, 0.2) is 0 Å². The molecule has 0 amide bonds. The highest BCUT2D eigenvalue weighted by atomic mass is 16.5. The fourth-order valence-corrected chi connectivity index (χ4v) is 3.27. The van der Waals surface area contributed by atoms with Crippen LogP contribution in [0.2, 0.25) is 0 Å². The molecule has 2 rings (SSSR count). The number of carbonyl (C=O) groups is 1. The summed E-state index contributed by atoms with van der Waals surface area (Å²) in [5.41, 5.74) is 0. The molecule has 0 aromatic heterocycles. The van der Waals surface area contributed by atoms with Crippen LogP contribution in [0, 0.1) is 5.92 Å². The molecule has 0 aromatic rings. The van der Waals surface area contributed by atoms with E-state index in [4.69, 9.17) is 4.74 Å². The summed E-state index contributed by atoms with van der Waals surface area (Å²) in [5, 5.41) is 9.26. The molecule has 5 heteroatoms. The summed E-state index contributed by atoms with van der Waals surface area (Å²) < 4.78 is 5.37. The Balaban J connectivity index is 1.83. The van der Waals surface area contributed by atoms with Gasteiger partial charge in [-0.25, -0.2) is 0 Å². The van der Waals surface area contributed by atoms with E-state index in [1.54, 1.807) is 0 Å². The van der Waals surface area contributed by atoms with Crippen molar-refractivity contribution in [2.75, 3.05) is 45.9 Å². The number of nitrogens with zero attached hydrogens (tertiary/aromatic N) is 2. The molecule has 0 saturated carbocycles. The molecule has 2 fully saturated rings. The molecule has 0 radical (unpaired) electrons. The van der Waals surface area contributed by atoms with Crippen molar-refractivity contribution in [3.05, 3.63) is 0 Å². The quantitative estimate of drug-likeness (QED) is 0.804. The molecule has 2 heterocycles. The zero-order chi connectivity index (χ0) is 13.7. The van der Waals surface area contributed by atoms with Gasteiger partial charge in [-0.3, -0.25) is 14.6 Å². The Bertz CT molecular complexity index is 292. The van der Waals surface area contributed by atoms with Crippen LogP contribution in [0.3, 0.4) is 0 Å². The highest BCUT2D eigenvalue weighted by Gasteiger charge is 2.30. The number of carboxylic acid groups (broad SMARTS) is 1. The van der Waals surface area contributed by atoms with Gasteiger partial charge in [0.2, 0.25) is 0 Å². The van der Waals surface area contributed by atoms with Gasteiger partial charge in [0.1, 0.15) is 6.04 Å². The fraction of sp³-hybridized carbons (Fsp3) is 0.929. The number of rotatable bonds is 5. The summed E-state index contributed by atoms with van der Waals surface area (Å²) in [6, 6.07) is -0.299. The van der Waals surface area contributed by atoms with Crippen LogP contribution >= 0.6 is 0 Å².